The Morgan fingerprint density at radius 3 is 2.88 bits per heavy atom. The van der Waals surface area contributed by atoms with Crippen LogP contribution in [0, 0.1) is 0 Å². The molecule has 0 saturated carbocycles. The van der Waals surface area contributed by atoms with E-state index in [1.165, 1.54) is 12.8 Å². The minimum Gasteiger partial charge on any atom is -0.377 e. The summed E-state index contributed by atoms with van der Waals surface area (Å²) in [5.41, 5.74) is -0.291. The number of methoxy groups -OCH3 is 1. The van der Waals surface area contributed by atoms with Gasteiger partial charge in [0.15, 0.2) is 0 Å². The van der Waals surface area contributed by atoms with Crippen LogP contribution in [0.25, 0.3) is 0 Å². The Morgan fingerprint density at radius 1 is 1.44 bits per heavy atom. The molecular weight excluding hydrogens is 204 g/mol. The summed E-state index contributed by atoms with van der Waals surface area (Å²) in [6.07, 6.45) is 4.48. The highest BCUT2D eigenvalue weighted by Gasteiger charge is 2.22. The average Bonchev–Trinajstić information content (AvgIpc) is 2.54. The number of ether oxygens (including phenoxy) is 1. The zero-order chi connectivity index (χ0) is 12.0. The van der Waals surface area contributed by atoms with Crippen molar-refractivity contribution in [3.8, 4) is 0 Å². The van der Waals surface area contributed by atoms with Gasteiger partial charge in [0.25, 0.3) is 0 Å². The molecule has 1 aliphatic heterocycles. The molecule has 0 aliphatic carbocycles. The fourth-order valence-corrected chi connectivity index (χ4v) is 1.75. The number of rotatable bonds is 4. The van der Waals surface area contributed by atoms with Crippen molar-refractivity contribution < 1.29 is 9.53 Å². The topological polar surface area (TPSA) is 50.4 Å². The summed E-state index contributed by atoms with van der Waals surface area (Å²) in [5, 5.41) is 6.23. The third-order valence-electron chi connectivity index (χ3n) is 3.12. The van der Waals surface area contributed by atoms with E-state index in [0.717, 1.165) is 19.4 Å². The first-order valence-corrected chi connectivity index (χ1v) is 6.11. The predicted octanol–water partition coefficient (Wildman–Crippen LogP) is 1.06. The molecule has 0 bridgehead atoms. The molecule has 1 atom stereocenters. The SMILES string of the molecule is COC(C)(C)CNC(=O)C1CCCCCN1. The van der Waals surface area contributed by atoms with E-state index < -0.39 is 0 Å². The van der Waals surface area contributed by atoms with Crippen LogP contribution in [0.3, 0.4) is 0 Å². The number of hydrogen-bond donors (Lipinski definition) is 2. The van der Waals surface area contributed by atoms with E-state index in [-0.39, 0.29) is 17.6 Å². The molecule has 0 aromatic rings. The van der Waals surface area contributed by atoms with Gasteiger partial charge >= 0.3 is 0 Å². The number of amides is 1. The van der Waals surface area contributed by atoms with Gasteiger partial charge in [-0.05, 0) is 33.2 Å². The van der Waals surface area contributed by atoms with Crippen molar-refractivity contribution in [2.75, 3.05) is 20.2 Å². The van der Waals surface area contributed by atoms with Crippen LogP contribution in [-0.2, 0) is 9.53 Å². The lowest BCUT2D eigenvalue weighted by atomic mass is 10.1. The molecule has 0 radical (unpaired) electrons. The van der Waals surface area contributed by atoms with Gasteiger partial charge in [-0.15, -0.1) is 0 Å². The summed E-state index contributed by atoms with van der Waals surface area (Å²) >= 11 is 0. The third kappa shape index (κ3) is 4.49. The van der Waals surface area contributed by atoms with Crippen molar-refractivity contribution in [1.82, 2.24) is 10.6 Å². The van der Waals surface area contributed by atoms with E-state index in [4.69, 9.17) is 4.74 Å². The van der Waals surface area contributed by atoms with Gasteiger partial charge in [-0.1, -0.05) is 12.8 Å². The van der Waals surface area contributed by atoms with E-state index in [1.807, 2.05) is 13.8 Å². The molecule has 1 unspecified atom stereocenters. The molecule has 1 rings (SSSR count). The lowest BCUT2D eigenvalue weighted by molar-refractivity contribution is -0.124. The lowest BCUT2D eigenvalue weighted by Gasteiger charge is -2.24. The van der Waals surface area contributed by atoms with Crippen LogP contribution in [0.1, 0.15) is 39.5 Å². The second-order valence-corrected chi connectivity index (χ2v) is 5.04. The van der Waals surface area contributed by atoms with Crippen LogP contribution < -0.4 is 10.6 Å². The zero-order valence-electron chi connectivity index (χ0n) is 10.6. The Bertz CT molecular complexity index is 221. The summed E-state index contributed by atoms with van der Waals surface area (Å²) in [6.45, 7) is 5.44. The van der Waals surface area contributed by atoms with Gasteiger partial charge in [-0.2, -0.15) is 0 Å². The molecule has 1 fully saturated rings. The van der Waals surface area contributed by atoms with Crippen molar-refractivity contribution in [1.29, 1.82) is 0 Å². The summed E-state index contributed by atoms with van der Waals surface area (Å²) in [5.74, 6) is 0.104. The third-order valence-corrected chi connectivity index (χ3v) is 3.12. The number of carbonyl (C=O) groups excluding carboxylic acids is 1. The number of carbonyl (C=O) groups is 1. The molecule has 1 amide bonds. The van der Waals surface area contributed by atoms with Crippen LogP contribution in [0.15, 0.2) is 0 Å². The summed E-state index contributed by atoms with van der Waals surface area (Å²) in [7, 11) is 1.66. The first kappa shape index (κ1) is 13.5. The summed E-state index contributed by atoms with van der Waals surface area (Å²) in [6, 6.07) is -0.0184. The van der Waals surface area contributed by atoms with Crippen LogP contribution >= 0.6 is 0 Å². The summed E-state index contributed by atoms with van der Waals surface area (Å²) in [4.78, 5) is 11.9. The van der Waals surface area contributed by atoms with Gasteiger partial charge in [0.05, 0.1) is 11.6 Å². The quantitative estimate of drug-likeness (QED) is 0.756. The first-order chi connectivity index (χ1) is 7.55. The van der Waals surface area contributed by atoms with Crippen molar-refractivity contribution in [3.63, 3.8) is 0 Å². The second kappa shape index (κ2) is 6.21. The molecule has 1 saturated heterocycles. The van der Waals surface area contributed by atoms with Crippen LogP contribution in [-0.4, -0.2) is 37.7 Å². The summed E-state index contributed by atoms with van der Waals surface area (Å²) < 4.78 is 5.26. The zero-order valence-corrected chi connectivity index (χ0v) is 10.6. The smallest absolute Gasteiger partial charge is 0.237 e. The highest BCUT2D eigenvalue weighted by atomic mass is 16.5. The molecule has 4 nitrogen and oxygen atoms in total. The van der Waals surface area contributed by atoms with E-state index in [2.05, 4.69) is 10.6 Å². The van der Waals surface area contributed by atoms with Crippen molar-refractivity contribution >= 4 is 5.91 Å². The molecule has 0 aromatic heterocycles. The predicted molar refractivity (Wildman–Crippen MR) is 64.4 cm³/mol. The Balaban J connectivity index is 2.33. The minimum atomic E-state index is -0.291. The molecule has 1 heterocycles. The van der Waals surface area contributed by atoms with E-state index in [9.17, 15) is 4.79 Å². The van der Waals surface area contributed by atoms with Gasteiger partial charge in [0, 0.05) is 13.7 Å². The fourth-order valence-electron chi connectivity index (χ4n) is 1.75. The van der Waals surface area contributed by atoms with E-state index >= 15 is 0 Å². The fraction of sp³-hybridized carbons (Fsp3) is 0.917. The highest BCUT2D eigenvalue weighted by Crippen LogP contribution is 2.09. The van der Waals surface area contributed by atoms with Gasteiger partial charge in [-0.25, -0.2) is 0 Å². The molecule has 16 heavy (non-hydrogen) atoms. The van der Waals surface area contributed by atoms with Crippen molar-refractivity contribution in [3.05, 3.63) is 0 Å². The number of nitrogens with one attached hydrogen (secondary N) is 2. The Morgan fingerprint density at radius 2 is 2.19 bits per heavy atom. The maximum absolute atomic E-state index is 11.9. The standard InChI is InChI=1S/C12H24N2O2/c1-12(2,16-3)9-14-11(15)10-7-5-4-6-8-13-10/h10,13H,4-9H2,1-3H3,(H,14,15). The monoisotopic (exact) mass is 228 g/mol. The minimum absolute atomic E-state index is 0.0184. The lowest BCUT2D eigenvalue weighted by Crippen LogP contribution is -2.48. The molecule has 2 N–H and O–H groups in total. The van der Waals surface area contributed by atoms with Gasteiger partial charge in [0.1, 0.15) is 0 Å². The van der Waals surface area contributed by atoms with E-state index in [1.54, 1.807) is 7.11 Å². The molecule has 0 spiro atoms. The normalized spacial score (nSPS) is 22.6. The molecule has 1 aliphatic rings. The Labute approximate surface area is 98.1 Å². The highest BCUT2D eigenvalue weighted by molar-refractivity contribution is 5.81. The van der Waals surface area contributed by atoms with Crippen molar-refractivity contribution in [2.24, 2.45) is 0 Å². The number of hydrogen-bond acceptors (Lipinski definition) is 3. The second-order valence-electron chi connectivity index (χ2n) is 5.04. The largest absolute Gasteiger partial charge is 0.377 e. The average molecular weight is 228 g/mol. The van der Waals surface area contributed by atoms with Gasteiger partial charge < -0.3 is 15.4 Å². The molecule has 0 aromatic carbocycles. The van der Waals surface area contributed by atoms with Gasteiger partial charge in [-0.3, -0.25) is 4.79 Å². The Kier molecular flexibility index (Phi) is 5.22. The molecule has 94 valence electrons. The van der Waals surface area contributed by atoms with Crippen LogP contribution in [0.4, 0.5) is 0 Å². The van der Waals surface area contributed by atoms with Gasteiger partial charge in [0.2, 0.25) is 5.91 Å². The molecular formula is C12H24N2O2. The van der Waals surface area contributed by atoms with Crippen LogP contribution in [0.5, 0.6) is 0 Å². The van der Waals surface area contributed by atoms with E-state index in [0.29, 0.717) is 6.54 Å². The first-order valence-electron chi connectivity index (χ1n) is 6.11. The maximum atomic E-state index is 11.9. The van der Waals surface area contributed by atoms with Crippen LogP contribution in [0.2, 0.25) is 0 Å². The molecule has 4 heteroatoms. The maximum Gasteiger partial charge on any atom is 0.237 e. The van der Waals surface area contributed by atoms with Crippen molar-refractivity contribution in [2.45, 2.75) is 51.2 Å². The Hall–Kier alpha value is -0.610.